The summed E-state index contributed by atoms with van der Waals surface area (Å²) >= 11 is 0. The number of nitrogens with zero attached hydrogens (tertiary/aromatic N) is 2. The van der Waals surface area contributed by atoms with Crippen molar-refractivity contribution >= 4 is 34.0 Å². The van der Waals surface area contributed by atoms with Gasteiger partial charge in [0.15, 0.2) is 0 Å². The lowest BCUT2D eigenvalue weighted by Gasteiger charge is -2.39. The molecule has 0 spiro atoms. The third-order valence-corrected chi connectivity index (χ3v) is 12.3. The van der Waals surface area contributed by atoms with Gasteiger partial charge in [0.05, 0.1) is 6.04 Å². The molecular formula is C53H62N2. The fourth-order valence-corrected chi connectivity index (χ4v) is 9.61. The molecule has 0 saturated heterocycles. The van der Waals surface area contributed by atoms with Crippen LogP contribution < -0.4 is 9.80 Å². The molecule has 55 heavy (non-hydrogen) atoms. The lowest BCUT2D eigenvalue weighted by molar-refractivity contribution is 0.433. The van der Waals surface area contributed by atoms with Crippen molar-refractivity contribution < 1.29 is 0 Å². The van der Waals surface area contributed by atoms with E-state index in [9.17, 15) is 0 Å². The van der Waals surface area contributed by atoms with Crippen LogP contribution in [0.3, 0.4) is 0 Å². The topological polar surface area (TPSA) is 6.48 Å². The summed E-state index contributed by atoms with van der Waals surface area (Å²) in [6, 6.07) is 40.1. The van der Waals surface area contributed by atoms with E-state index in [4.69, 9.17) is 0 Å². The molecule has 0 radical (unpaired) electrons. The lowest BCUT2D eigenvalue weighted by Crippen LogP contribution is -2.34. The smallest absolute Gasteiger partial charge is 0.0563 e. The van der Waals surface area contributed by atoms with Crippen LogP contribution in [-0.4, -0.2) is 6.04 Å². The Morgan fingerprint density at radius 2 is 1.13 bits per heavy atom. The van der Waals surface area contributed by atoms with Crippen LogP contribution in [0.1, 0.15) is 130 Å². The summed E-state index contributed by atoms with van der Waals surface area (Å²) in [6.07, 6.45) is 10.8. The molecule has 7 rings (SSSR count). The van der Waals surface area contributed by atoms with Crippen molar-refractivity contribution in [2.24, 2.45) is 0 Å². The Morgan fingerprint density at radius 3 is 1.65 bits per heavy atom. The van der Waals surface area contributed by atoms with E-state index in [2.05, 4.69) is 194 Å². The summed E-state index contributed by atoms with van der Waals surface area (Å²) in [5, 5.41) is 0. The third-order valence-electron chi connectivity index (χ3n) is 12.3. The van der Waals surface area contributed by atoms with E-state index in [1.807, 2.05) is 0 Å². The van der Waals surface area contributed by atoms with Crippen LogP contribution in [0, 0.1) is 27.7 Å². The molecular weight excluding hydrogens is 665 g/mol. The minimum atomic E-state index is -0.0513. The molecule has 0 bridgehead atoms. The molecule has 0 fully saturated rings. The Balaban J connectivity index is 1.39. The molecule has 2 aliphatic rings. The highest BCUT2D eigenvalue weighted by molar-refractivity contribution is 5.93. The van der Waals surface area contributed by atoms with Crippen molar-refractivity contribution in [3.63, 3.8) is 0 Å². The van der Waals surface area contributed by atoms with Crippen LogP contribution in [0.25, 0.3) is 5.57 Å². The van der Waals surface area contributed by atoms with Gasteiger partial charge in [0, 0.05) is 33.9 Å². The Hall–Kier alpha value is -4.82. The van der Waals surface area contributed by atoms with Gasteiger partial charge in [-0.05, 0) is 152 Å². The average Bonchev–Trinajstić information content (AvgIpc) is 3.42. The first-order valence-corrected chi connectivity index (χ1v) is 21.0. The molecule has 5 aromatic rings. The normalized spacial score (nSPS) is 15.8. The van der Waals surface area contributed by atoms with Crippen molar-refractivity contribution in [1.82, 2.24) is 0 Å². The molecule has 5 aromatic carbocycles. The summed E-state index contributed by atoms with van der Waals surface area (Å²) < 4.78 is 0. The number of aryl methyl sites for hydroxylation is 4. The van der Waals surface area contributed by atoms with Gasteiger partial charge in [-0.3, -0.25) is 0 Å². The molecule has 0 N–H and O–H groups in total. The summed E-state index contributed by atoms with van der Waals surface area (Å²) in [5.41, 5.74) is 20.0. The number of benzene rings is 5. The Labute approximate surface area is 332 Å². The van der Waals surface area contributed by atoms with Gasteiger partial charge in [0.25, 0.3) is 0 Å². The summed E-state index contributed by atoms with van der Waals surface area (Å²) in [7, 11) is 0. The van der Waals surface area contributed by atoms with Crippen molar-refractivity contribution in [1.29, 1.82) is 0 Å². The fraction of sp³-hybridized carbons (Fsp3) is 0.358. The quantitative estimate of drug-likeness (QED) is 0.126. The SMILES string of the molecule is CCCC1(CCC)C2=CC(N(c3ccc(C(C)C)cc3)c3ccc(C)cc3C)CC=C2c2ccc(N(c3ccc(C(C)C)cc3)c3ccc(C)cc3C)cc21. The van der Waals surface area contributed by atoms with E-state index in [0.717, 1.165) is 32.1 Å². The number of fused-ring (bicyclic) bond motifs is 3. The van der Waals surface area contributed by atoms with Crippen LogP contribution in [-0.2, 0) is 5.41 Å². The van der Waals surface area contributed by atoms with Gasteiger partial charge < -0.3 is 9.80 Å². The van der Waals surface area contributed by atoms with E-state index < -0.39 is 0 Å². The first kappa shape index (κ1) is 38.5. The molecule has 0 aromatic heterocycles. The van der Waals surface area contributed by atoms with Gasteiger partial charge in [0.2, 0.25) is 0 Å². The highest BCUT2D eigenvalue weighted by Gasteiger charge is 2.46. The standard InChI is InChI=1S/C53H62N2/c1-11-29-53(30-12-2)49-33-45(54(51-27-13-37(7)31-39(51)9)43-19-15-41(16-20-43)35(3)4)23-25-47(49)48-26-24-46(34-50(48)53)55(52-28-14-38(8)32-40(52)10)44-21-17-42(18-22-44)36(5)6/h13-23,25-28,31-36,46H,11-12,24,29-30H2,1-10H3. The van der Waals surface area contributed by atoms with Gasteiger partial charge >= 0.3 is 0 Å². The maximum atomic E-state index is 2.68. The predicted octanol–water partition coefficient (Wildman–Crippen LogP) is 15.4. The minimum absolute atomic E-state index is 0.0513. The average molecular weight is 727 g/mol. The second-order valence-electron chi connectivity index (χ2n) is 17.1. The van der Waals surface area contributed by atoms with Crippen LogP contribution in [0.5, 0.6) is 0 Å². The van der Waals surface area contributed by atoms with Gasteiger partial charge in [-0.15, -0.1) is 0 Å². The lowest BCUT2D eigenvalue weighted by atomic mass is 9.70. The van der Waals surface area contributed by atoms with E-state index >= 15 is 0 Å². The number of hydrogen-bond acceptors (Lipinski definition) is 2. The monoisotopic (exact) mass is 726 g/mol. The molecule has 2 aliphatic carbocycles. The van der Waals surface area contributed by atoms with Crippen molar-refractivity contribution in [3.8, 4) is 0 Å². The zero-order valence-corrected chi connectivity index (χ0v) is 35.1. The largest absolute Gasteiger partial charge is 0.334 e. The first-order valence-electron chi connectivity index (χ1n) is 21.0. The second kappa shape index (κ2) is 15.7. The molecule has 2 heteroatoms. The van der Waals surface area contributed by atoms with Crippen LogP contribution >= 0.6 is 0 Å². The van der Waals surface area contributed by atoms with Gasteiger partial charge in [-0.25, -0.2) is 0 Å². The number of hydrogen-bond donors (Lipinski definition) is 0. The molecule has 0 amide bonds. The van der Waals surface area contributed by atoms with Crippen LogP contribution in [0.15, 0.2) is 121 Å². The Kier molecular flexibility index (Phi) is 11.0. The van der Waals surface area contributed by atoms with E-state index in [0.29, 0.717) is 11.8 Å². The van der Waals surface area contributed by atoms with Gasteiger partial charge in [-0.2, -0.15) is 0 Å². The van der Waals surface area contributed by atoms with Crippen LogP contribution in [0.4, 0.5) is 28.4 Å². The number of anilines is 5. The first-order chi connectivity index (χ1) is 26.4. The molecule has 1 atom stereocenters. The maximum Gasteiger partial charge on any atom is 0.0563 e. The van der Waals surface area contributed by atoms with Crippen molar-refractivity contribution in [2.45, 2.75) is 125 Å². The fourth-order valence-electron chi connectivity index (χ4n) is 9.61. The zero-order valence-electron chi connectivity index (χ0n) is 35.1. The number of allylic oxidation sites excluding steroid dienone is 2. The van der Waals surface area contributed by atoms with Crippen molar-refractivity contribution in [3.05, 3.63) is 165 Å². The minimum Gasteiger partial charge on any atom is -0.334 e. The summed E-state index contributed by atoms with van der Waals surface area (Å²) in [4.78, 5) is 5.12. The second-order valence-corrected chi connectivity index (χ2v) is 17.1. The molecule has 1 unspecified atom stereocenters. The molecule has 2 nitrogen and oxygen atoms in total. The van der Waals surface area contributed by atoms with Gasteiger partial charge in [-0.1, -0.05) is 132 Å². The van der Waals surface area contributed by atoms with Crippen molar-refractivity contribution in [2.75, 3.05) is 9.80 Å². The highest BCUT2D eigenvalue weighted by Crippen LogP contribution is 2.58. The van der Waals surface area contributed by atoms with E-state index in [1.54, 1.807) is 0 Å². The maximum absolute atomic E-state index is 2.68. The van der Waals surface area contributed by atoms with E-state index in [-0.39, 0.29) is 11.5 Å². The zero-order chi connectivity index (χ0) is 39.0. The predicted molar refractivity (Wildman–Crippen MR) is 239 cm³/mol. The summed E-state index contributed by atoms with van der Waals surface area (Å²) in [6.45, 7) is 22.8. The van der Waals surface area contributed by atoms with Gasteiger partial charge in [0.1, 0.15) is 0 Å². The molecule has 0 saturated carbocycles. The molecule has 0 heterocycles. The Bertz CT molecular complexity index is 2210. The summed E-state index contributed by atoms with van der Waals surface area (Å²) in [5.74, 6) is 0.994. The molecule has 284 valence electrons. The Morgan fingerprint density at radius 1 is 0.600 bits per heavy atom. The number of rotatable bonds is 12. The third kappa shape index (κ3) is 7.21. The van der Waals surface area contributed by atoms with E-state index in [1.165, 1.54) is 84.1 Å². The highest BCUT2D eigenvalue weighted by atomic mass is 15.2. The van der Waals surface area contributed by atoms with Crippen LogP contribution in [0.2, 0.25) is 0 Å². The molecule has 0 aliphatic heterocycles.